The van der Waals surface area contributed by atoms with Gasteiger partial charge in [-0.1, -0.05) is 0 Å². The van der Waals surface area contributed by atoms with Crippen LogP contribution in [0.5, 0.6) is 0 Å². The molecule has 0 atom stereocenters. The van der Waals surface area contributed by atoms with Gasteiger partial charge in [0.05, 0.1) is 23.4 Å². The molecule has 1 heterocycles. The number of carbonyl (C=O) groups is 2. The van der Waals surface area contributed by atoms with Crippen LogP contribution in [0.15, 0.2) is 30.3 Å². The topological polar surface area (TPSA) is 107 Å². The number of nitrogens with one attached hydrogen (secondary N) is 1. The van der Waals surface area contributed by atoms with E-state index in [4.69, 9.17) is 0 Å². The van der Waals surface area contributed by atoms with Crippen molar-refractivity contribution >= 4 is 23.2 Å². The summed E-state index contributed by atoms with van der Waals surface area (Å²) in [5, 5.41) is 17.2. The number of carbonyl (C=O) groups excluding carboxylic acids is 2. The fourth-order valence-electron chi connectivity index (χ4n) is 2.03. The van der Waals surface area contributed by atoms with Gasteiger partial charge >= 0.3 is 5.82 Å². The lowest BCUT2D eigenvalue weighted by Crippen LogP contribution is -2.15. The van der Waals surface area contributed by atoms with Gasteiger partial charge in [-0.15, -0.1) is 0 Å². The smallest absolute Gasteiger partial charge is 0.358 e. The van der Waals surface area contributed by atoms with Crippen LogP contribution >= 0.6 is 0 Å². The molecular weight excluding hydrogens is 300 g/mol. The van der Waals surface area contributed by atoms with E-state index in [1.807, 2.05) is 0 Å². The number of Topliss-reactive ketones (excluding diaryl/α,β-unsaturated/α-hetero) is 1. The van der Waals surface area contributed by atoms with Gasteiger partial charge in [0.2, 0.25) is 5.91 Å². The van der Waals surface area contributed by atoms with Crippen molar-refractivity contribution in [2.24, 2.45) is 0 Å². The molecular formula is C15H16N4O4. The zero-order chi connectivity index (χ0) is 17.0. The first-order valence-electron chi connectivity index (χ1n) is 6.96. The SMILES string of the molecule is CC(=O)c1ccc(NC(=O)CCn2nc([N+](=O)[O-])cc2C)cc1. The number of hydrogen-bond acceptors (Lipinski definition) is 5. The van der Waals surface area contributed by atoms with Crippen LogP contribution in [-0.4, -0.2) is 26.4 Å². The number of aromatic nitrogens is 2. The molecule has 0 aliphatic rings. The fourth-order valence-corrected chi connectivity index (χ4v) is 2.03. The number of benzene rings is 1. The van der Waals surface area contributed by atoms with Crippen LogP contribution in [0.1, 0.15) is 29.4 Å². The van der Waals surface area contributed by atoms with E-state index in [0.29, 0.717) is 16.9 Å². The summed E-state index contributed by atoms with van der Waals surface area (Å²) in [7, 11) is 0. The summed E-state index contributed by atoms with van der Waals surface area (Å²) in [4.78, 5) is 33.2. The van der Waals surface area contributed by atoms with Crippen LogP contribution in [0, 0.1) is 17.0 Å². The molecule has 2 aromatic rings. The molecule has 0 bridgehead atoms. The molecule has 0 saturated heterocycles. The molecule has 2 rings (SSSR count). The molecule has 0 aliphatic heterocycles. The summed E-state index contributed by atoms with van der Waals surface area (Å²) in [6, 6.07) is 7.94. The Kier molecular flexibility index (Phi) is 4.85. The van der Waals surface area contributed by atoms with Crippen LogP contribution in [0.3, 0.4) is 0 Å². The first kappa shape index (κ1) is 16.3. The zero-order valence-corrected chi connectivity index (χ0v) is 12.8. The monoisotopic (exact) mass is 316 g/mol. The molecule has 0 radical (unpaired) electrons. The van der Waals surface area contributed by atoms with E-state index < -0.39 is 4.92 Å². The molecule has 8 nitrogen and oxygen atoms in total. The van der Waals surface area contributed by atoms with Gasteiger partial charge in [-0.3, -0.25) is 9.59 Å². The molecule has 1 aromatic heterocycles. The number of ketones is 1. The van der Waals surface area contributed by atoms with E-state index in [-0.39, 0.29) is 30.5 Å². The Labute approximate surface area is 132 Å². The van der Waals surface area contributed by atoms with Gasteiger partial charge in [0, 0.05) is 17.7 Å². The summed E-state index contributed by atoms with van der Waals surface area (Å²) in [5.41, 5.74) is 1.78. The van der Waals surface area contributed by atoms with Crippen molar-refractivity contribution in [2.45, 2.75) is 26.8 Å². The van der Waals surface area contributed by atoms with Gasteiger partial charge < -0.3 is 15.4 Å². The lowest BCUT2D eigenvalue weighted by Gasteiger charge is -2.05. The maximum atomic E-state index is 11.9. The Bertz CT molecular complexity index is 749. The van der Waals surface area contributed by atoms with Crippen molar-refractivity contribution in [2.75, 3.05) is 5.32 Å². The second-order valence-electron chi connectivity index (χ2n) is 5.06. The molecule has 8 heteroatoms. The first-order valence-corrected chi connectivity index (χ1v) is 6.96. The minimum atomic E-state index is -0.569. The van der Waals surface area contributed by atoms with Crippen LogP contribution in [0.4, 0.5) is 11.5 Å². The van der Waals surface area contributed by atoms with Crippen molar-refractivity contribution < 1.29 is 14.5 Å². The van der Waals surface area contributed by atoms with Crippen molar-refractivity contribution in [1.29, 1.82) is 0 Å². The van der Waals surface area contributed by atoms with E-state index in [9.17, 15) is 19.7 Å². The Morgan fingerprint density at radius 2 is 1.96 bits per heavy atom. The molecule has 0 unspecified atom stereocenters. The molecule has 0 saturated carbocycles. The third-order valence-electron chi connectivity index (χ3n) is 3.28. The summed E-state index contributed by atoms with van der Waals surface area (Å²) >= 11 is 0. The maximum absolute atomic E-state index is 11.9. The van der Waals surface area contributed by atoms with Gasteiger partial charge in [0.25, 0.3) is 0 Å². The molecule has 23 heavy (non-hydrogen) atoms. The Balaban J connectivity index is 1.92. The first-order chi connectivity index (χ1) is 10.9. The second kappa shape index (κ2) is 6.82. The highest BCUT2D eigenvalue weighted by Gasteiger charge is 2.16. The average Bonchev–Trinajstić information content (AvgIpc) is 2.87. The van der Waals surface area contributed by atoms with Gasteiger partial charge in [-0.25, -0.2) is 0 Å². The van der Waals surface area contributed by atoms with E-state index in [0.717, 1.165) is 0 Å². The molecule has 120 valence electrons. The van der Waals surface area contributed by atoms with Gasteiger partial charge in [0.1, 0.15) is 0 Å². The van der Waals surface area contributed by atoms with Gasteiger partial charge in [-0.2, -0.15) is 4.68 Å². The number of anilines is 1. The number of aryl methyl sites for hydroxylation is 2. The lowest BCUT2D eigenvalue weighted by atomic mass is 10.1. The highest BCUT2D eigenvalue weighted by molar-refractivity contribution is 5.95. The predicted octanol–water partition coefficient (Wildman–Crippen LogP) is 2.33. The van der Waals surface area contributed by atoms with Crippen molar-refractivity contribution in [3.63, 3.8) is 0 Å². The van der Waals surface area contributed by atoms with Crippen molar-refractivity contribution in [3.05, 3.63) is 51.7 Å². The highest BCUT2D eigenvalue weighted by atomic mass is 16.6. The third kappa shape index (κ3) is 4.22. The molecule has 0 fully saturated rings. The van der Waals surface area contributed by atoms with E-state index in [2.05, 4.69) is 10.4 Å². The molecule has 0 spiro atoms. The number of nitrogens with zero attached hydrogens (tertiary/aromatic N) is 3. The number of hydrogen-bond donors (Lipinski definition) is 1. The van der Waals surface area contributed by atoms with Crippen molar-refractivity contribution in [1.82, 2.24) is 9.78 Å². The largest absolute Gasteiger partial charge is 0.390 e. The lowest BCUT2D eigenvalue weighted by molar-refractivity contribution is -0.389. The standard InChI is InChI=1S/C15H16N4O4/c1-10-9-14(19(22)23)17-18(10)8-7-15(21)16-13-5-3-12(4-6-13)11(2)20/h3-6,9H,7-8H2,1-2H3,(H,16,21). The average molecular weight is 316 g/mol. The summed E-state index contributed by atoms with van der Waals surface area (Å²) < 4.78 is 1.43. The van der Waals surface area contributed by atoms with Crippen molar-refractivity contribution in [3.8, 4) is 0 Å². The van der Waals surface area contributed by atoms with Crippen LogP contribution in [-0.2, 0) is 11.3 Å². The molecule has 1 N–H and O–H groups in total. The third-order valence-corrected chi connectivity index (χ3v) is 3.28. The molecule has 1 amide bonds. The summed E-state index contributed by atoms with van der Waals surface area (Å²) in [6.45, 7) is 3.41. The fraction of sp³-hybridized carbons (Fsp3) is 0.267. The summed E-state index contributed by atoms with van der Waals surface area (Å²) in [5.74, 6) is -0.514. The second-order valence-corrected chi connectivity index (χ2v) is 5.06. The minimum Gasteiger partial charge on any atom is -0.358 e. The maximum Gasteiger partial charge on any atom is 0.390 e. The Morgan fingerprint density at radius 3 is 2.48 bits per heavy atom. The van der Waals surface area contributed by atoms with E-state index in [1.54, 1.807) is 31.2 Å². The van der Waals surface area contributed by atoms with Crippen LogP contribution < -0.4 is 5.32 Å². The molecule has 1 aromatic carbocycles. The summed E-state index contributed by atoms with van der Waals surface area (Å²) in [6.07, 6.45) is 0.133. The van der Waals surface area contributed by atoms with E-state index in [1.165, 1.54) is 17.7 Å². The van der Waals surface area contributed by atoms with Crippen LogP contribution in [0.25, 0.3) is 0 Å². The Morgan fingerprint density at radius 1 is 1.30 bits per heavy atom. The van der Waals surface area contributed by atoms with Crippen LogP contribution in [0.2, 0.25) is 0 Å². The zero-order valence-electron chi connectivity index (χ0n) is 12.8. The predicted molar refractivity (Wildman–Crippen MR) is 83.3 cm³/mol. The normalized spacial score (nSPS) is 10.3. The number of nitro groups is 1. The minimum absolute atomic E-state index is 0.0429. The quantitative estimate of drug-likeness (QED) is 0.500. The number of rotatable bonds is 6. The van der Waals surface area contributed by atoms with E-state index >= 15 is 0 Å². The highest BCUT2D eigenvalue weighted by Crippen LogP contribution is 2.13. The molecule has 0 aliphatic carbocycles. The Hall–Kier alpha value is -3.03. The van der Waals surface area contributed by atoms with Gasteiger partial charge in [0.15, 0.2) is 5.78 Å². The number of amides is 1. The van der Waals surface area contributed by atoms with Gasteiger partial charge in [-0.05, 0) is 43.0 Å².